The minimum atomic E-state index is -0.390. The van der Waals surface area contributed by atoms with Crippen molar-refractivity contribution in [3.63, 3.8) is 0 Å². The maximum Gasteiger partial charge on any atom is 0.269 e. The van der Waals surface area contributed by atoms with Gasteiger partial charge in [-0.15, -0.1) is 22.7 Å². The van der Waals surface area contributed by atoms with Crippen LogP contribution in [0, 0.1) is 11.3 Å². The van der Waals surface area contributed by atoms with Gasteiger partial charge in [-0.2, -0.15) is 5.26 Å². The molecule has 3 aromatic heterocycles. The molecular formula is C30H22N6OS2. The standard InChI is InChI=1S/C30H22N6OS2/c1-2-16-7-9-18(10-8-16)23-21(14-31)27(33)35-29-24(23)25(32)26(39-29)28(37)36-30-34-22(15-38-30)20-12-11-17-5-3-4-6-19(17)13-20/h3-13,15H,2,32H2,1H3,(H2,33,35)(H,34,36,37). The van der Waals surface area contributed by atoms with Crippen LogP contribution < -0.4 is 16.8 Å². The minimum absolute atomic E-state index is 0.104. The Morgan fingerprint density at radius 1 is 1.00 bits per heavy atom. The number of nitrogens with one attached hydrogen (secondary N) is 1. The van der Waals surface area contributed by atoms with E-state index in [0.29, 0.717) is 25.8 Å². The molecule has 3 aromatic carbocycles. The van der Waals surface area contributed by atoms with Crippen LogP contribution in [-0.2, 0) is 6.42 Å². The number of thiophene rings is 1. The van der Waals surface area contributed by atoms with Crippen molar-refractivity contribution in [1.82, 2.24) is 9.97 Å². The molecule has 0 aliphatic heterocycles. The van der Waals surface area contributed by atoms with Crippen molar-refractivity contribution in [2.75, 3.05) is 16.8 Å². The molecule has 5 N–H and O–H groups in total. The second-order valence-electron chi connectivity index (χ2n) is 8.99. The van der Waals surface area contributed by atoms with Crippen molar-refractivity contribution in [2.45, 2.75) is 13.3 Å². The van der Waals surface area contributed by atoms with Crippen molar-refractivity contribution in [2.24, 2.45) is 0 Å². The van der Waals surface area contributed by atoms with Crippen LogP contribution in [0.1, 0.15) is 27.7 Å². The summed E-state index contributed by atoms with van der Waals surface area (Å²) in [5, 5.41) is 18.0. The highest BCUT2D eigenvalue weighted by atomic mass is 32.1. The molecule has 0 aliphatic rings. The molecule has 0 saturated carbocycles. The van der Waals surface area contributed by atoms with Gasteiger partial charge >= 0.3 is 0 Å². The number of hydrogen-bond donors (Lipinski definition) is 3. The van der Waals surface area contributed by atoms with Gasteiger partial charge in [-0.25, -0.2) is 9.97 Å². The first-order chi connectivity index (χ1) is 19.0. The van der Waals surface area contributed by atoms with Gasteiger partial charge in [-0.05, 0) is 34.4 Å². The number of rotatable bonds is 5. The summed E-state index contributed by atoms with van der Waals surface area (Å²) in [6.07, 6.45) is 0.892. The van der Waals surface area contributed by atoms with Crippen LogP contribution in [0.15, 0.2) is 72.1 Å². The molecule has 0 fully saturated rings. The lowest BCUT2D eigenvalue weighted by atomic mass is 9.96. The zero-order valence-electron chi connectivity index (χ0n) is 20.9. The number of nitrogens with zero attached hydrogens (tertiary/aromatic N) is 3. The van der Waals surface area contributed by atoms with Gasteiger partial charge in [0.1, 0.15) is 27.2 Å². The van der Waals surface area contributed by atoms with E-state index in [9.17, 15) is 10.1 Å². The Morgan fingerprint density at radius 3 is 2.49 bits per heavy atom. The van der Waals surface area contributed by atoms with Gasteiger partial charge < -0.3 is 11.5 Å². The van der Waals surface area contributed by atoms with Gasteiger partial charge in [0.05, 0.1) is 11.4 Å². The van der Waals surface area contributed by atoms with Crippen LogP contribution in [0.4, 0.5) is 16.6 Å². The van der Waals surface area contributed by atoms with Crippen molar-refractivity contribution >= 4 is 66.2 Å². The van der Waals surface area contributed by atoms with Crippen LogP contribution in [-0.4, -0.2) is 15.9 Å². The van der Waals surface area contributed by atoms with Gasteiger partial charge in [-0.3, -0.25) is 10.1 Å². The van der Waals surface area contributed by atoms with Gasteiger partial charge in [-0.1, -0.05) is 67.6 Å². The second kappa shape index (κ2) is 9.83. The van der Waals surface area contributed by atoms with Crippen molar-refractivity contribution in [1.29, 1.82) is 5.26 Å². The number of hydrogen-bond acceptors (Lipinski definition) is 8. The van der Waals surface area contributed by atoms with E-state index < -0.39 is 0 Å². The largest absolute Gasteiger partial charge is 0.397 e. The quantitative estimate of drug-likeness (QED) is 0.212. The molecule has 0 atom stereocenters. The number of aryl methyl sites for hydroxylation is 1. The van der Waals surface area contributed by atoms with Crippen molar-refractivity contribution < 1.29 is 4.79 Å². The minimum Gasteiger partial charge on any atom is -0.397 e. The SMILES string of the molecule is CCc1ccc(-c2c(C#N)c(N)nc3sc(C(=O)Nc4nc(-c5ccc6ccccc6c5)cs4)c(N)c23)cc1. The number of anilines is 3. The number of nitrogen functional groups attached to an aromatic ring is 2. The number of carbonyl (C=O) groups is 1. The average Bonchev–Trinajstić information content (AvgIpc) is 3.56. The Morgan fingerprint density at radius 2 is 1.74 bits per heavy atom. The molecule has 6 rings (SSSR count). The molecule has 9 heteroatoms. The number of pyridine rings is 1. The molecule has 7 nitrogen and oxygen atoms in total. The molecule has 6 aromatic rings. The van der Waals surface area contributed by atoms with Gasteiger partial charge in [0.25, 0.3) is 5.91 Å². The Labute approximate surface area is 232 Å². The summed E-state index contributed by atoms with van der Waals surface area (Å²) in [6.45, 7) is 2.08. The smallest absolute Gasteiger partial charge is 0.269 e. The molecule has 0 bridgehead atoms. The third-order valence-corrected chi connectivity index (χ3v) is 8.50. The molecule has 0 radical (unpaired) electrons. The maximum atomic E-state index is 13.4. The fourth-order valence-electron chi connectivity index (χ4n) is 4.61. The lowest BCUT2D eigenvalue weighted by Crippen LogP contribution is -2.11. The van der Waals surface area contributed by atoms with E-state index in [1.807, 2.05) is 47.8 Å². The lowest BCUT2D eigenvalue weighted by Gasteiger charge is -2.10. The van der Waals surface area contributed by atoms with Crippen LogP contribution in [0.2, 0.25) is 0 Å². The Balaban J connectivity index is 1.36. The predicted molar refractivity (Wildman–Crippen MR) is 161 cm³/mol. The molecular weight excluding hydrogens is 525 g/mol. The zero-order valence-corrected chi connectivity index (χ0v) is 22.5. The number of fused-ring (bicyclic) bond motifs is 2. The third kappa shape index (κ3) is 4.36. The molecule has 190 valence electrons. The van der Waals surface area contributed by atoms with Gasteiger partial charge in [0.2, 0.25) is 0 Å². The van der Waals surface area contributed by atoms with E-state index in [-0.39, 0.29) is 23.0 Å². The highest BCUT2D eigenvalue weighted by Gasteiger charge is 2.25. The van der Waals surface area contributed by atoms with Crippen LogP contribution >= 0.6 is 22.7 Å². The summed E-state index contributed by atoms with van der Waals surface area (Å²) in [7, 11) is 0. The molecule has 3 heterocycles. The fraction of sp³-hybridized carbons (Fsp3) is 0.0667. The number of thiazole rings is 1. The number of nitriles is 1. The van der Waals surface area contributed by atoms with Crippen LogP contribution in [0.3, 0.4) is 0 Å². The second-order valence-corrected chi connectivity index (χ2v) is 10.8. The van der Waals surface area contributed by atoms with E-state index in [0.717, 1.165) is 45.4 Å². The molecule has 0 saturated heterocycles. The van der Waals surface area contributed by atoms with Crippen LogP contribution in [0.25, 0.3) is 43.4 Å². The molecule has 1 amide bonds. The summed E-state index contributed by atoms with van der Waals surface area (Å²) in [4.78, 5) is 23.2. The zero-order chi connectivity index (χ0) is 27.1. The Kier molecular flexibility index (Phi) is 6.19. The highest BCUT2D eigenvalue weighted by molar-refractivity contribution is 7.21. The van der Waals surface area contributed by atoms with Crippen LogP contribution in [0.5, 0.6) is 0 Å². The van der Waals surface area contributed by atoms with Crippen molar-refractivity contribution in [3.05, 3.63) is 88.1 Å². The summed E-state index contributed by atoms with van der Waals surface area (Å²) in [5.41, 5.74) is 17.5. The first-order valence-corrected chi connectivity index (χ1v) is 13.9. The molecule has 0 aliphatic carbocycles. The highest BCUT2D eigenvalue weighted by Crippen LogP contribution is 2.43. The van der Waals surface area contributed by atoms with E-state index in [1.54, 1.807) is 0 Å². The van der Waals surface area contributed by atoms with Crippen molar-refractivity contribution in [3.8, 4) is 28.5 Å². The average molecular weight is 547 g/mol. The molecule has 0 spiro atoms. The maximum absolute atomic E-state index is 13.4. The summed E-state index contributed by atoms with van der Waals surface area (Å²) in [5.74, 6) is -0.285. The first kappa shape index (κ1) is 24.6. The number of aromatic nitrogens is 2. The Bertz CT molecular complexity index is 1930. The molecule has 0 unspecified atom stereocenters. The van der Waals surface area contributed by atoms with Gasteiger partial charge in [0.15, 0.2) is 5.13 Å². The summed E-state index contributed by atoms with van der Waals surface area (Å²) >= 11 is 2.48. The molecule has 39 heavy (non-hydrogen) atoms. The van der Waals surface area contributed by atoms with Gasteiger partial charge in [0, 0.05) is 21.9 Å². The summed E-state index contributed by atoms with van der Waals surface area (Å²) < 4.78 is 0. The normalized spacial score (nSPS) is 11.1. The van der Waals surface area contributed by atoms with E-state index >= 15 is 0 Å². The number of amides is 1. The summed E-state index contributed by atoms with van der Waals surface area (Å²) in [6, 6.07) is 24.3. The van der Waals surface area contributed by atoms with E-state index in [1.165, 1.54) is 16.9 Å². The fourth-order valence-corrected chi connectivity index (χ4v) is 6.34. The third-order valence-electron chi connectivity index (χ3n) is 6.64. The Hall–Kier alpha value is -4.78. The monoisotopic (exact) mass is 546 g/mol. The lowest BCUT2D eigenvalue weighted by molar-refractivity contribution is 0.103. The first-order valence-electron chi connectivity index (χ1n) is 12.2. The van der Waals surface area contributed by atoms with E-state index in [4.69, 9.17) is 11.5 Å². The number of carbonyl (C=O) groups excluding carboxylic acids is 1. The number of benzene rings is 3. The topological polar surface area (TPSA) is 131 Å². The number of nitrogens with two attached hydrogens (primary N) is 2. The van der Waals surface area contributed by atoms with E-state index in [2.05, 4.69) is 52.5 Å². The predicted octanol–water partition coefficient (Wildman–Crippen LogP) is 7.09.